The van der Waals surface area contributed by atoms with Crippen LogP contribution in [0.15, 0.2) is 36.1 Å². The molecule has 0 amide bonds. The molecular weight excluding hydrogens is 200 g/mol. The first kappa shape index (κ1) is 9.64. The summed E-state index contributed by atoms with van der Waals surface area (Å²) >= 11 is 0. The fraction of sp³-hybridized carbons (Fsp3) is 0.357. The van der Waals surface area contributed by atoms with E-state index in [1.807, 2.05) is 0 Å². The van der Waals surface area contributed by atoms with Gasteiger partial charge in [0.1, 0.15) is 5.76 Å². The van der Waals surface area contributed by atoms with Gasteiger partial charge in [-0.1, -0.05) is 24.3 Å². The lowest BCUT2D eigenvalue weighted by Gasteiger charge is -2.39. The molecule has 2 nitrogen and oxygen atoms in total. The van der Waals surface area contributed by atoms with Crippen LogP contribution < -0.4 is 0 Å². The molecule has 2 aliphatic rings. The Labute approximate surface area is 94.9 Å². The molecular formula is C14H14O2. The van der Waals surface area contributed by atoms with Gasteiger partial charge in [0, 0.05) is 6.42 Å². The summed E-state index contributed by atoms with van der Waals surface area (Å²) in [6, 6.07) is 8.44. The average Bonchev–Trinajstić information content (AvgIpc) is 2.31. The molecule has 1 aliphatic carbocycles. The van der Waals surface area contributed by atoms with E-state index in [-0.39, 0.29) is 11.4 Å². The molecule has 0 spiro atoms. The summed E-state index contributed by atoms with van der Waals surface area (Å²) in [5, 5.41) is 0. The highest BCUT2D eigenvalue weighted by atomic mass is 16.5. The van der Waals surface area contributed by atoms with Crippen LogP contribution in [0.5, 0.6) is 0 Å². The average molecular weight is 214 g/mol. The number of rotatable bonds is 0. The quantitative estimate of drug-likeness (QED) is 0.621. The predicted octanol–water partition coefficient (Wildman–Crippen LogP) is 2.72. The van der Waals surface area contributed by atoms with Crippen molar-refractivity contribution in [2.75, 3.05) is 0 Å². The molecule has 0 N–H and O–H groups in total. The summed E-state index contributed by atoms with van der Waals surface area (Å²) in [5.41, 5.74) is 2.58. The van der Waals surface area contributed by atoms with E-state index in [9.17, 15) is 4.79 Å². The molecule has 3 rings (SSSR count). The van der Waals surface area contributed by atoms with Crippen LogP contribution in [0.4, 0.5) is 0 Å². The minimum Gasteiger partial charge on any atom is -0.430 e. The van der Waals surface area contributed by atoms with Crippen LogP contribution in [0, 0.1) is 0 Å². The molecule has 1 saturated heterocycles. The molecule has 1 unspecified atom stereocenters. The van der Waals surface area contributed by atoms with Crippen molar-refractivity contribution in [1.82, 2.24) is 0 Å². The normalized spacial score (nSPS) is 27.6. The molecule has 1 aromatic rings. The Morgan fingerprint density at radius 1 is 1.31 bits per heavy atom. The zero-order chi connectivity index (χ0) is 11.2. The molecule has 1 atom stereocenters. The summed E-state index contributed by atoms with van der Waals surface area (Å²) < 4.78 is 5.37. The highest BCUT2D eigenvalue weighted by Crippen LogP contribution is 2.44. The van der Waals surface area contributed by atoms with Crippen LogP contribution in [0.3, 0.4) is 0 Å². The van der Waals surface area contributed by atoms with Crippen LogP contribution in [0.25, 0.3) is 0 Å². The van der Waals surface area contributed by atoms with Crippen molar-refractivity contribution in [2.24, 2.45) is 0 Å². The lowest BCUT2D eigenvalue weighted by atomic mass is 9.70. The van der Waals surface area contributed by atoms with Gasteiger partial charge in [0.2, 0.25) is 0 Å². The smallest absolute Gasteiger partial charge is 0.310 e. The molecule has 0 saturated carbocycles. The Hall–Kier alpha value is -1.57. The third-order valence-corrected chi connectivity index (χ3v) is 3.72. The first-order valence-corrected chi connectivity index (χ1v) is 5.70. The Morgan fingerprint density at radius 2 is 2.12 bits per heavy atom. The summed E-state index contributed by atoms with van der Waals surface area (Å²) in [5.74, 6) is 0.755. The summed E-state index contributed by atoms with van der Waals surface area (Å²) in [6.07, 6.45) is 4.30. The number of hydrogen-bond donors (Lipinski definition) is 0. The van der Waals surface area contributed by atoms with Gasteiger partial charge in [-0.25, -0.2) is 0 Å². The highest BCUT2D eigenvalue weighted by molar-refractivity contribution is 5.73. The second kappa shape index (κ2) is 3.21. The first-order chi connectivity index (χ1) is 7.70. The molecule has 1 heterocycles. The van der Waals surface area contributed by atoms with E-state index >= 15 is 0 Å². The minimum atomic E-state index is -0.0945. The third-order valence-electron chi connectivity index (χ3n) is 3.72. The molecule has 0 radical (unpaired) electrons. The topological polar surface area (TPSA) is 26.3 Å². The van der Waals surface area contributed by atoms with Gasteiger partial charge in [-0.3, -0.25) is 4.79 Å². The maximum absolute atomic E-state index is 11.3. The predicted molar refractivity (Wildman–Crippen MR) is 60.9 cm³/mol. The minimum absolute atomic E-state index is 0.0943. The summed E-state index contributed by atoms with van der Waals surface area (Å²) in [4.78, 5) is 11.3. The van der Waals surface area contributed by atoms with Gasteiger partial charge < -0.3 is 4.74 Å². The van der Waals surface area contributed by atoms with E-state index < -0.39 is 0 Å². The van der Waals surface area contributed by atoms with E-state index in [1.165, 1.54) is 11.1 Å². The van der Waals surface area contributed by atoms with E-state index in [0.717, 1.165) is 18.6 Å². The van der Waals surface area contributed by atoms with E-state index in [0.29, 0.717) is 6.42 Å². The molecule has 82 valence electrons. The highest BCUT2D eigenvalue weighted by Gasteiger charge is 2.41. The van der Waals surface area contributed by atoms with Crippen LogP contribution >= 0.6 is 0 Å². The van der Waals surface area contributed by atoms with Crippen molar-refractivity contribution in [3.63, 3.8) is 0 Å². The van der Waals surface area contributed by atoms with Crippen molar-refractivity contribution < 1.29 is 9.53 Å². The van der Waals surface area contributed by atoms with Crippen LogP contribution in [-0.4, -0.2) is 5.97 Å². The second-order valence-corrected chi connectivity index (χ2v) is 4.74. The number of ether oxygens (including phenoxy) is 1. The maximum atomic E-state index is 11.3. The largest absolute Gasteiger partial charge is 0.430 e. The number of carbonyl (C=O) groups excluding carboxylic acids is 1. The molecule has 2 heteroatoms. The van der Waals surface area contributed by atoms with Gasteiger partial charge >= 0.3 is 5.97 Å². The van der Waals surface area contributed by atoms with Crippen LogP contribution in [0.2, 0.25) is 0 Å². The van der Waals surface area contributed by atoms with E-state index in [2.05, 4.69) is 37.3 Å². The van der Waals surface area contributed by atoms with Crippen molar-refractivity contribution in [3.8, 4) is 0 Å². The van der Waals surface area contributed by atoms with Gasteiger partial charge in [-0.05, 0) is 37.0 Å². The SMILES string of the molecule is CC12CCC(=O)OC1=CCc1ccccc12. The lowest BCUT2D eigenvalue weighted by Crippen LogP contribution is -2.36. The van der Waals surface area contributed by atoms with Gasteiger partial charge in [-0.2, -0.15) is 0 Å². The van der Waals surface area contributed by atoms with E-state index in [4.69, 9.17) is 4.74 Å². The zero-order valence-corrected chi connectivity index (χ0v) is 9.32. The van der Waals surface area contributed by atoms with Gasteiger partial charge in [-0.15, -0.1) is 0 Å². The lowest BCUT2D eigenvalue weighted by molar-refractivity contribution is -0.144. The standard InChI is InChI=1S/C14H14O2/c1-14-9-8-13(15)16-12(14)7-6-10-4-2-3-5-11(10)14/h2-5,7H,6,8-9H2,1H3. The number of carbonyl (C=O) groups is 1. The Kier molecular flexibility index (Phi) is 1.93. The number of benzene rings is 1. The molecule has 16 heavy (non-hydrogen) atoms. The van der Waals surface area contributed by atoms with Gasteiger partial charge in [0.15, 0.2) is 0 Å². The third kappa shape index (κ3) is 1.22. The van der Waals surface area contributed by atoms with Crippen LogP contribution in [-0.2, 0) is 21.4 Å². The fourth-order valence-corrected chi connectivity index (χ4v) is 2.74. The Balaban J connectivity index is 2.12. The number of fused-ring (bicyclic) bond motifs is 3. The second-order valence-electron chi connectivity index (χ2n) is 4.74. The van der Waals surface area contributed by atoms with Crippen LogP contribution in [0.1, 0.15) is 30.9 Å². The number of allylic oxidation sites excluding steroid dienone is 2. The fourth-order valence-electron chi connectivity index (χ4n) is 2.74. The van der Waals surface area contributed by atoms with Crippen molar-refractivity contribution in [2.45, 2.75) is 31.6 Å². The van der Waals surface area contributed by atoms with Gasteiger partial charge in [0.05, 0.1) is 5.41 Å². The summed E-state index contributed by atoms with van der Waals surface area (Å²) in [6.45, 7) is 2.17. The van der Waals surface area contributed by atoms with E-state index in [1.54, 1.807) is 0 Å². The zero-order valence-electron chi connectivity index (χ0n) is 9.32. The molecule has 1 aliphatic heterocycles. The molecule has 0 aromatic heterocycles. The van der Waals surface area contributed by atoms with Crippen molar-refractivity contribution in [3.05, 3.63) is 47.2 Å². The Morgan fingerprint density at radius 3 is 3.00 bits per heavy atom. The maximum Gasteiger partial charge on any atom is 0.310 e. The van der Waals surface area contributed by atoms with Crippen molar-refractivity contribution in [1.29, 1.82) is 0 Å². The Bertz CT molecular complexity index is 487. The number of esters is 1. The molecule has 1 fully saturated rings. The molecule has 0 bridgehead atoms. The van der Waals surface area contributed by atoms with Crippen molar-refractivity contribution >= 4 is 5.97 Å². The molecule has 1 aromatic carbocycles. The number of hydrogen-bond acceptors (Lipinski definition) is 2. The monoisotopic (exact) mass is 214 g/mol. The first-order valence-electron chi connectivity index (χ1n) is 5.70. The summed E-state index contributed by atoms with van der Waals surface area (Å²) in [7, 11) is 0. The van der Waals surface area contributed by atoms with Gasteiger partial charge in [0.25, 0.3) is 0 Å².